The van der Waals surface area contributed by atoms with Gasteiger partial charge in [0.25, 0.3) is 0 Å². The fourth-order valence-electron chi connectivity index (χ4n) is 2.16. The van der Waals surface area contributed by atoms with Crippen molar-refractivity contribution in [3.05, 3.63) is 29.3 Å². The van der Waals surface area contributed by atoms with Crippen LogP contribution in [0.5, 0.6) is 0 Å². The Bertz CT molecular complexity index is 382. The minimum Gasteiger partial charge on any atom is -0.390 e. The minimum absolute atomic E-state index is 0.387. The molecule has 2 N–H and O–H groups in total. The van der Waals surface area contributed by atoms with Gasteiger partial charge in [0.2, 0.25) is 0 Å². The maximum Gasteiger partial charge on any atom is 0.0839 e. The number of aryl methyl sites for hydroxylation is 2. The molecule has 0 bridgehead atoms. The van der Waals surface area contributed by atoms with E-state index in [2.05, 4.69) is 42.3 Å². The molecule has 1 aromatic carbocycles. The molecule has 0 aliphatic heterocycles. The molecule has 108 valence electrons. The molecule has 0 heterocycles. The second-order valence-electron chi connectivity index (χ2n) is 5.02. The van der Waals surface area contributed by atoms with Gasteiger partial charge in [-0.15, -0.1) is 0 Å². The summed E-state index contributed by atoms with van der Waals surface area (Å²) in [5, 5.41) is 13.1. The van der Waals surface area contributed by atoms with Crippen LogP contribution in [0.3, 0.4) is 0 Å². The Morgan fingerprint density at radius 3 is 2.74 bits per heavy atom. The third-order valence-corrected chi connectivity index (χ3v) is 3.11. The number of likely N-dealkylation sites (N-methyl/N-ethyl adjacent to an activating group) is 1. The summed E-state index contributed by atoms with van der Waals surface area (Å²) in [5.41, 5.74) is 3.67. The zero-order chi connectivity index (χ0) is 14.3. The van der Waals surface area contributed by atoms with Crippen molar-refractivity contribution in [3.8, 4) is 0 Å². The molecule has 0 spiro atoms. The highest BCUT2D eigenvalue weighted by Crippen LogP contribution is 2.19. The maximum atomic E-state index is 9.98. The van der Waals surface area contributed by atoms with Crippen LogP contribution in [0.15, 0.2) is 18.2 Å². The van der Waals surface area contributed by atoms with Crippen molar-refractivity contribution in [1.29, 1.82) is 0 Å². The number of ether oxygens (including phenoxy) is 1. The van der Waals surface area contributed by atoms with Crippen molar-refractivity contribution >= 4 is 5.69 Å². The first-order valence-electron chi connectivity index (χ1n) is 6.70. The van der Waals surface area contributed by atoms with Crippen LogP contribution in [0.2, 0.25) is 0 Å². The molecule has 0 saturated carbocycles. The Morgan fingerprint density at radius 1 is 1.37 bits per heavy atom. The molecular weight excluding hydrogens is 240 g/mol. The van der Waals surface area contributed by atoms with Crippen molar-refractivity contribution in [3.63, 3.8) is 0 Å². The quantitative estimate of drug-likeness (QED) is 0.697. The van der Waals surface area contributed by atoms with Crippen LogP contribution in [0.25, 0.3) is 0 Å². The van der Waals surface area contributed by atoms with Gasteiger partial charge < -0.3 is 20.1 Å². The van der Waals surface area contributed by atoms with E-state index < -0.39 is 0 Å². The molecule has 1 unspecified atom stereocenters. The summed E-state index contributed by atoms with van der Waals surface area (Å²) in [5.74, 6) is 0. The van der Waals surface area contributed by atoms with Gasteiger partial charge in [-0.05, 0) is 25.5 Å². The second-order valence-corrected chi connectivity index (χ2v) is 5.02. The van der Waals surface area contributed by atoms with Crippen LogP contribution >= 0.6 is 0 Å². The van der Waals surface area contributed by atoms with E-state index in [0.717, 1.165) is 6.54 Å². The molecule has 1 aromatic rings. The first-order valence-corrected chi connectivity index (χ1v) is 6.70. The molecule has 0 aliphatic rings. The first kappa shape index (κ1) is 16.0. The number of anilines is 1. The number of rotatable bonds is 8. The smallest absolute Gasteiger partial charge is 0.0839 e. The monoisotopic (exact) mass is 266 g/mol. The average molecular weight is 266 g/mol. The predicted octanol–water partition coefficient (Wildman–Crippen LogP) is 1.34. The van der Waals surface area contributed by atoms with Crippen molar-refractivity contribution in [2.24, 2.45) is 0 Å². The van der Waals surface area contributed by atoms with Gasteiger partial charge in [-0.1, -0.05) is 17.7 Å². The SMILES string of the molecule is COCCNCC(O)CN(C)c1ccc(C)cc1C. The number of aliphatic hydroxyl groups is 1. The van der Waals surface area contributed by atoms with Gasteiger partial charge in [0.05, 0.1) is 12.7 Å². The molecule has 0 aromatic heterocycles. The summed E-state index contributed by atoms with van der Waals surface area (Å²) in [6.07, 6.45) is -0.387. The lowest BCUT2D eigenvalue weighted by Crippen LogP contribution is -2.37. The normalized spacial score (nSPS) is 12.5. The van der Waals surface area contributed by atoms with Crippen LogP contribution in [-0.4, -0.2) is 51.6 Å². The number of nitrogens with one attached hydrogen (secondary N) is 1. The molecule has 1 rings (SSSR count). The van der Waals surface area contributed by atoms with Gasteiger partial charge in [0, 0.05) is 39.5 Å². The fourth-order valence-corrected chi connectivity index (χ4v) is 2.16. The molecule has 4 heteroatoms. The van der Waals surface area contributed by atoms with Crippen molar-refractivity contribution < 1.29 is 9.84 Å². The van der Waals surface area contributed by atoms with Crippen molar-refractivity contribution in [2.45, 2.75) is 20.0 Å². The molecule has 1 atom stereocenters. The number of nitrogens with zero attached hydrogens (tertiary/aromatic N) is 1. The zero-order valence-corrected chi connectivity index (χ0v) is 12.4. The Labute approximate surface area is 116 Å². The summed E-state index contributed by atoms with van der Waals surface area (Å²) < 4.78 is 4.95. The van der Waals surface area contributed by atoms with Crippen LogP contribution in [0.1, 0.15) is 11.1 Å². The Kier molecular flexibility index (Phi) is 6.84. The number of hydrogen-bond acceptors (Lipinski definition) is 4. The maximum absolute atomic E-state index is 9.98. The van der Waals surface area contributed by atoms with E-state index in [1.807, 2.05) is 7.05 Å². The molecule has 0 amide bonds. The third kappa shape index (κ3) is 5.59. The Morgan fingerprint density at radius 2 is 2.11 bits per heavy atom. The lowest BCUT2D eigenvalue weighted by Gasteiger charge is -2.24. The van der Waals surface area contributed by atoms with Gasteiger partial charge >= 0.3 is 0 Å². The lowest BCUT2D eigenvalue weighted by molar-refractivity contribution is 0.164. The Hall–Kier alpha value is -1.10. The highest BCUT2D eigenvalue weighted by atomic mass is 16.5. The van der Waals surface area contributed by atoms with E-state index >= 15 is 0 Å². The molecular formula is C15H26N2O2. The molecule has 0 fully saturated rings. The van der Waals surface area contributed by atoms with E-state index in [-0.39, 0.29) is 6.10 Å². The standard InChI is InChI=1S/C15H26N2O2/c1-12-5-6-15(13(2)9-12)17(3)11-14(18)10-16-7-8-19-4/h5-6,9,14,16,18H,7-8,10-11H2,1-4H3. The summed E-state index contributed by atoms with van der Waals surface area (Å²) in [7, 11) is 3.68. The highest BCUT2D eigenvalue weighted by molar-refractivity contribution is 5.53. The largest absolute Gasteiger partial charge is 0.390 e. The highest BCUT2D eigenvalue weighted by Gasteiger charge is 2.10. The predicted molar refractivity (Wildman–Crippen MR) is 79.9 cm³/mol. The van der Waals surface area contributed by atoms with E-state index in [1.165, 1.54) is 16.8 Å². The van der Waals surface area contributed by atoms with E-state index in [0.29, 0.717) is 19.7 Å². The molecule has 19 heavy (non-hydrogen) atoms. The van der Waals surface area contributed by atoms with Gasteiger partial charge in [0.15, 0.2) is 0 Å². The van der Waals surface area contributed by atoms with Gasteiger partial charge in [-0.3, -0.25) is 0 Å². The number of methoxy groups -OCH3 is 1. The fraction of sp³-hybridized carbons (Fsp3) is 0.600. The summed E-state index contributed by atoms with van der Waals surface area (Å²) in [4.78, 5) is 2.09. The van der Waals surface area contributed by atoms with Gasteiger partial charge in [-0.2, -0.15) is 0 Å². The Balaban J connectivity index is 2.43. The van der Waals surface area contributed by atoms with Crippen LogP contribution in [0, 0.1) is 13.8 Å². The van der Waals surface area contributed by atoms with E-state index in [1.54, 1.807) is 7.11 Å². The number of hydrogen-bond donors (Lipinski definition) is 2. The summed E-state index contributed by atoms with van der Waals surface area (Å²) in [6, 6.07) is 6.37. The topological polar surface area (TPSA) is 44.7 Å². The average Bonchev–Trinajstić information content (AvgIpc) is 2.34. The molecule has 0 saturated heterocycles. The first-order chi connectivity index (χ1) is 9.04. The number of benzene rings is 1. The zero-order valence-electron chi connectivity index (χ0n) is 12.4. The minimum atomic E-state index is -0.387. The molecule has 4 nitrogen and oxygen atoms in total. The van der Waals surface area contributed by atoms with Crippen LogP contribution < -0.4 is 10.2 Å². The number of aliphatic hydroxyl groups excluding tert-OH is 1. The van der Waals surface area contributed by atoms with E-state index in [9.17, 15) is 5.11 Å². The van der Waals surface area contributed by atoms with Crippen LogP contribution in [-0.2, 0) is 4.74 Å². The van der Waals surface area contributed by atoms with Crippen molar-refractivity contribution in [2.75, 3.05) is 45.3 Å². The summed E-state index contributed by atoms with van der Waals surface area (Å²) >= 11 is 0. The molecule has 0 aliphatic carbocycles. The molecule has 0 radical (unpaired) electrons. The van der Waals surface area contributed by atoms with Gasteiger partial charge in [-0.25, -0.2) is 0 Å². The van der Waals surface area contributed by atoms with Crippen LogP contribution in [0.4, 0.5) is 5.69 Å². The second kappa shape index (κ2) is 8.15. The summed E-state index contributed by atoms with van der Waals surface area (Å²) in [6.45, 7) is 6.82. The lowest BCUT2D eigenvalue weighted by atomic mass is 10.1. The van der Waals surface area contributed by atoms with Gasteiger partial charge in [0.1, 0.15) is 0 Å². The third-order valence-electron chi connectivity index (χ3n) is 3.11. The van der Waals surface area contributed by atoms with E-state index in [4.69, 9.17) is 4.74 Å². The van der Waals surface area contributed by atoms with Crippen molar-refractivity contribution in [1.82, 2.24) is 5.32 Å².